The molecule has 3 saturated heterocycles. The number of rotatable bonds is 1. The molecule has 4 aliphatic rings. The topological polar surface area (TPSA) is 69.7 Å². The molecule has 0 aliphatic carbocycles. The Morgan fingerprint density at radius 1 is 1.13 bits per heavy atom. The lowest BCUT2D eigenvalue weighted by Crippen LogP contribution is -2.54. The Labute approximate surface area is 190 Å². The predicted octanol–water partition coefficient (Wildman–Crippen LogP) is 3.67. The van der Waals surface area contributed by atoms with E-state index < -0.39 is 29.1 Å². The maximum Gasteiger partial charge on any atom is 0.250 e. The van der Waals surface area contributed by atoms with E-state index >= 15 is 0 Å². The number of amides is 3. The Morgan fingerprint density at radius 3 is 2.71 bits per heavy atom. The van der Waals surface area contributed by atoms with Crippen molar-refractivity contribution in [2.75, 3.05) is 16.8 Å². The van der Waals surface area contributed by atoms with Gasteiger partial charge in [-0.1, -0.05) is 27.5 Å². The Kier molecular flexibility index (Phi) is 3.99. The van der Waals surface area contributed by atoms with Crippen LogP contribution >= 0.6 is 27.5 Å². The van der Waals surface area contributed by atoms with Crippen molar-refractivity contribution in [3.63, 3.8) is 0 Å². The zero-order valence-electron chi connectivity index (χ0n) is 16.1. The van der Waals surface area contributed by atoms with Crippen LogP contribution in [0.1, 0.15) is 18.4 Å². The summed E-state index contributed by atoms with van der Waals surface area (Å²) in [6, 6.07) is 9.09. The van der Waals surface area contributed by atoms with E-state index in [4.69, 9.17) is 11.6 Å². The fourth-order valence-electron chi connectivity index (χ4n) is 6.05. The summed E-state index contributed by atoms with van der Waals surface area (Å²) in [5.41, 5.74) is 0.355. The molecule has 9 heteroatoms. The first-order chi connectivity index (χ1) is 14.9. The highest BCUT2D eigenvalue weighted by Crippen LogP contribution is 2.60. The maximum atomic E-state index is 13.8. The second kappa shape index (κ2) is 6.37. The van der Waals surface area contributed by atoms with Gasteiger partial charge in [-0.25, -0.2) is 9.29 Å². The Bertz CT molecular complexity index is 1210. The van der Waals surface area contributed by atoms with Gasteiger partial charge in [0.05, 0.1) is 22.5 Å². The molecule has 31 heavy (non-hydrogen) atoms. The largest absolute Gasteiger partial charge is 0.324 e. The molecule has 6 rings (SSSR count). The van der Waals surface area contributed by atoms with Crippen molar-refractivity contribution in [1.29, 1.82) is 0 Å². The molecule has 2 aromatic rings. The monoisotopic (exact) mass is 503 g/mol. The van der Waals surface area contributed by atoms with E-state index in [1.807, 2.05) is 18.2 Å². The van der Waals surface area contributed by atoms with Gasteiger partial charge >= 0.3 is 0 Å². The molecule has 0 bridgehead atoms. The molecule has 158 valence electrons. The van der Waals surface area contributed by atoms with Gasteiger partial charge in [-0.15, -0.1) is 0 Å². The van der Waals surface area contributed by atoms with Crippen LogP contribution in [0.4, 0.5) is 15.8 Å². The molecule has 4 aliphatic heterocycles. The summed E-state index contributed by atoms with van der Waals surface area (Å²) in [5, 5.41) is 2.77. The van der Waals surface area contributed by atoms with Crippen LogP contribution in [0.3, 0.4) is 0 Å². The Balaban J connectivity index is 1.56. The van der Waals surface area contributed by atoms with E-state index in [9.17, 15) is 18.8 Å². The first kappa shape index (κ1) is 19.4. The number of anilines is 2. The van der Waals surface area contributed by atoms with E-state index in [-0.39, 0.29) is 28.6 Å². The summed E-state index contributed by atoms with van der Waals surface area (Å²) in [5.74, 6) is -3.21. The number of carbonyl (C=O) groups excluding carboxylic acids is 3. The van der Waals surface area contributed by atoms with Gasteiger partial charge in [0.25, 0.3) is 0 Å². The lowest BCUT2D eigenvalue weighted by atomic mass is 9.75. The third-order valence-corrected chi connectivity index (χ3v) is 7.90. The van der Waals surface area contributed by atoms with Gasteiger partial charge in [-0.3, -0.25) is 19.3 Å². The highest BCUT2D eigenvalue weighted by molar-refractivity contribution is 9.10. The number of fused-ring (bicyclic) bond motifs is 7. The van der Waals surface area contributed by atoms with Crippen LogP contribution in [-0.4, -0.2) is 35.2 Å². The minimum Gasteiger partial charge on any atom is -0.324 e. The van der Waals surface area contributed by atoms with Crippen LogP contribution in [0.2, 0.25) is 5.02 Å². The average Bonchev–Trinajstić information content (AvgIpc) is 3.43. The zero-order valence-corrected chi connectivity index (χ0v) is 18.4. The summed E-state index contributed by atoms with van der Waals surface area (Å²) in [6.07, 6.45) is 1.58. The summed E-state index contributed by atoms with van der Waals surface area (Å²) in [4.78, 5) is 44.0. The summed E-state index contributed by atoms with van der Waals surface area (Å²) in [7, 11) is 0. The lowest BCUT2D eigenvalue weighted by molar-refractivity contribution is -0.135. The van der Waals surface area contributed by atoms with Crippen LogP contribution < -0.4 is 10.2 Å². The number of nitrogens with zero attached hydrogens (tertiary/aromatic N) is 2. The van der Waals surface area contributed by atoms with Crippen LogP contribution in [0.5, 0.6) is 0 Å². The standard InChI is InChI=1S/C22H16BrClFN3O3/c23-10-3-6-15-12(8-10)22(21(31)26-15)18-17(16-2-1-7-27(16)22)19(29)28(20(18)30)11-4-5-14(25)13(24)9-11/h3-6,8-9,16-18H,1-2,7H2,(H,26,31). The third kappa shape index (κ3) is 2.28. The Morgan fingerprint density at radius 2 is 1.94 bits per heavy atom. The van der Waals surface area contributed by atoms with Crippen molar-refractivity contribution in [3.05, 3.63) is 57.3 Å². The number of hydrogen-bond acceptors (Lipinski definition) is 4. The van der Waals surface area contributed by atoms with Gasteiger partial charge in [0.15, 0.2) is 0 Å². The normalized spacial score (nSPS) is 31.4. The molecule has 6 nitrogen and oxygen atoms in total. The number of nitrogens with one attached hydrogen (secondary N) is 1. The average molecular weight is 505 g/mol. The van der Waals surface area contributed by atoms with Gasteiger partial charge in [-0.2, -0.15) is 0 Å². The molecule has 1 N–H and O–H groups in total. The molecule has 2 aromatic carbocycles. The molecule has 3 amide bonds. The zero-order chi connectivity index (χ0) is 21.7. The second-order valence-corrected chi connectivity index (χ2v) is 9.75. The summed E-state index contributed by atoms with van der Waals surface area (Å²) < 4.78 is 14.5. The van der Waals surface area contributed by atoms with E-state index in [2.05, 4.69) is 26.1 Å². The molecule has 4 heterocycles. The van der Waals surface area contributed by atoms with Crippen molar-refractivity contribution >= 4 is 56.6 Å². The number of halogens is 3. The maximum absolute atomic E-state index is 13.8. The second-order valence-electron chi connectivity index (χ2n) is 8.43. The van der Waals surface area contributed by atoms with Gasteiger partial charge < -0.3 is 5.32 Å². The predicted molar refractivity (Wildman–Crippen MR) is 115 cm³/mol. The van der Waals surface area contributed by atoms with E-state index in [0.29, 0.717) is 17.8 Å². The van der Waals surface area contributed by atoms with Crippen LogP contribution in [-0.2, 0) is 19.9 Å². The molecule has 0 aromatic heterocycles. The number of benzene rings is 2. The fraction of sp³-hybridized carbons (Fsp3) is 0.318. The van der Waals surface area contributed by atoms with Gasteiger partial charge in [0, 0.05) is 21.8 Å². The molecule has 0 saturated carbocycles. The molecule has 1 spiro atoms. The SMILES string of the molecule is O=C1C2C3CCCN3C3(C(=O)Nc4ccc(Br)cc43)C2C(=O)N1c1ccc(F)c(Cl)c1. The van der Waals surface area contributed by atoms with Gasteiger partial charge in [0.2, 0.25) is 17.7 Å². The quantitative estimate of drug-likeness (QED) is 0.602. The third-order valence-electron chi connectivity index (χ3n) is 7.12. The molecular formula is C22H16BrClFN3O3. The smallest absolute Gasteiger partial charge is 0.250 e. The highest BCUT2D eigenvalue weighted by atomic mass is 79.9. The van der Waals surface area contributed by atoms with E-state index in [0.717, 1.165) is 28.3 Å². The molecule has 4 atom stereocenters. The Hall–Kier alpha value is -2.29. The minimum atomic E-state index is -1.24. The molecule has 4 unspecified atom stereocenters. The van der Waals surface area contributed by atoms with Crippen molar-refractivity contribution in [2.45, 2.75) is 24.4 Å². The summed E-state index contributed by atoms with van der Waals surface area (Å²) in [6.45, 7) is 0.639. The fourth-order valence-corrected chi connectivity index (χ4v) is 6.59. The van der Waals surface area contributed by atoms with Crippen molar-refractivity contribution in [1.82, 2.24) is 4.90 Å². The first-order valence-electron chi connectivity index (χ1n) is 10.1. The number of hydrogen-bond donors (Lipinski definition) is 1. The van der Waals surface area contributed by atoms with Crippen LogP contribution in [0.25, 0.3) is 0 Å². The van der Waals surface area contributed by atoms with E-state index in [1.54, 1.807) is 0 Å². The van der Waals surface area contributed by atoms with Crippen molar-refractivity contribution in [3.8, 4) is 0 Å². The van der Waals surface area contributed by atoms with Gasteiger partial charge in [0.1, 0.15) is 11.4 Å². The summed E-state index contributed by atoms with van der Waals surface area (Å²) >= 11 is 9.40. The molecule has 0 radical (unpaired) electrons. The van der Waals surface area contributed by atoms with Crippen LogP contribution in [0.15, 0.2) is 40.9 Å². The number of carbonyl (C=O) groups is 3. The van der Waals surface area contributed by atoms with Gasteiger partial charge in [-0.05, 0) is 55.8 Å². The van der Waals surface area contributed by atoms with Crippen LogP contribution in [0, 0.1) is 17.7 Å². The highest BCUT2D eigenvalue weighted by Gasteiger charge is 2.74. The molecular weight excluding hydrogens is 489 g/mol. The van der Waals surface area contributed by atoms with Crippen molar-refractivity contribution < 1.29 is 18.8 Å². The number of imide groups is 1. The lowest BCUT2D eigenvalue weighted by Gasteiger charge is -2.36. The molecule has 3 fully saturated rings. The minimum absolute atomic E-state index is 0.166. The first-order valence-corrected chi connectivity index (χ1v) is 11.2. The van der Waals surface area contributed by atoms with E-state index in [1.165, 1.54) is 12.1 Å². The van der Waals surface area contributed by atoms with Crippen molar-refractivity contribution in [2.24, 2.45) is 11.8 Å².